The van der Waals surface area contributed by atoms with Crippen molar-refractivity contribution in [3.8, 4) is 0 Å². The van der Waals surface area contributed by atoms with Crippen molar-refractivity contribution in [3.63, 3.8) is 0 Å². The van der Waals surface area contributed by atoms with Crippen LogP contribution in [0.3, 0.4) is 0 Å². The Labute approximate surface area is 302 Å². The zero-order chi connectivity index (χ0) is 33.6. The zero-order valence-corrected chi connectivity index (χ0v) is 30.7. The molecule has 0 radical (unpaired) electrons. The van der Waals surface area contributed by atoms with Gasteiger partial charge in [-0.15, -0.1) is 0 Å². The Kier molecular flexibility index (Phi) is 8.96. The van der Waals surface area contributed by atoms with Crippen LogP contribution in [-0.2, 0) is 0 Å². The predicted octanol–water partition coefficient (Wildman–Crippen LogP) is 12.8. The van der Waals surface area contributed by atoms with E-state index in [-0.39, 0.29) is 0 Å². The standard InChI is InChI=1S/C49H57N/c1-32-23-37(24-33(2)50-32)41-28-40(36-21-22-48-46-19-10-9-17-44(46)45-18-11-12-20-47(45)49(48)31-36)29-43(30-41)42-26-38(34-13-5-3-6-14-34)25-39(27-42)35-15-7-4-8-16-35/h5,10,13-15,19,23-24,26-29,31-32,38,43,48-50H,3-4,6-9,11-12,16-18,20-22,25,30H2,1-2H3. The van der Waals surface area contributed by atoms with Gasteiger partial charge in [0.05, 0.1) is 0 Å². The molecule has 0 saturated heterocycles. The Hall–Kier alpha value is -3.58. The Bertz CT molecular complexity index is 1860. The summed E-state index contributed by atoms with van der Waals surface area (Å²) in [6.07, 6.45) is 53.4. The van der Waals surface area contributed by atoms with Crippen LogP contribution < -0.4 is 5.32 Å². The fourth-order valence-corrected chi connectivity index (χ4v) is 11.0. The molecule has 1 aliphatic heterocycles. The first-order valence-electron chi connectivity index (χ1n) is 20.5. The Morgan fingerprint density at radius 2 is 1.44 bits per heavy atom. The molecular weight excluding hydrogens is 603 g/mol. The van der Waals surface area contributed by atoms with Gasteiger partial charge in [0, 0.05) is 29.5 Å². The van der Waals surface area contributed by atoms with E-state index >= 15 is 0 Å². The lowest BCUT2D eigenvalue weighted by atomic mass is 9.61. The molecule has 50 heavy (non-hydrogen) atoms. The van der Waals surface area contributed by atoms with Gasteiger partial charge in [0.2, 0.25) is 0 Å². The number of allylic oxidation sites excluding steroid dienone is 25. The number of rotatable bonds is 5. The number of dihydropyridines is 1. The van der Waals surface area contributed by atoms with Gasteiger partial charge in [0.1, 0.15) is 0 Å². The summed E-state index contributed by atoms with van der Waals surface area (Å²) < 4.78 is 0. The van der Waals surface area contributed by atoms with E-state index in [1.807, 2.05) is 5.57 Å². The van der Waals surface area contributed by atoms with Gasteiger partial charge in [0.15, 0.2) is 0 Å². The zero-order valence-electron chi connectivity index (χ0n) is 30.7. The largest absolute Gasteiger partial charge is 0.383 e. The summed E-state index contributed by atoms with van der Waals surface area (Å²) >= 11 is 0. The van der Waals surface area contributed by atoms with Crippen molar-refractivity contribution in [3.05, 3.63) is 152 Å². The van der Waals surface area contributed by atoms with E-state index in [1.54, 1.807) is 44.6 Å². The highest BCUT2D eigenvalue weighted by Crippen LogP contribution is 2.53. The molecule has 1 N–H and O–H groups in total. The van der Waals surface area contributed by atoms with E-state index in [2.05, 4.69) is 98.2 Å². The van der Waals surface area contributed by atoms with E-state index in [9.17, 15) is 0 Å². The van der Waals surface area contributed by atoms with Crippen LogP contribution in [0.2, 0.25) is 0 Å². The molecule has 0 spiro atoms. The Morgan fingerprint density at radius 3 is 2.30 bits per heavy atom. The van der Waals surface area contributed by atoms with Gasteiger partial charge in [-0.2, -0.15) is 0 Å². The first-order chi connectivity index (χ1) is 24.6. The van der Waals surface area contributed by atoms with E-state index < -0.39 is 0 Å². The van der Waals surface area contributed by atoms with Crippen LogP contribution in [0, 0.1) is 23.7 Å². The molecule has 0 fully saturated rings. The van der Waals surface area contributed by atoms with Crippen LogP contribution in [0.4, 0.5) is 0 Å². The van der Waals surface area contributed by atoms with Crippen molar-refractivity contribution in [2.75, 3.05) is 0 Å². The van der Waals surface area contributed by atoms with Crippen LogP contribution >= 0.6 is 0 Å². The highest BCUT2D eigenvalue weighted by atomic mass is 14.9. The number of hydrogen-bond acceptors (Lipinski definition) is 1. The first-order valence-corrected chi connectivity index (χ1v) is 20.5. The smallest absolute Gasteiger partial charge is 0.0421 e. The summed E-state index contributed by atoms with van der Waals surface area (Å²) in [6.45, 7) is 4.53. The van der Waals surface area contributed by atoms with Crippen LogP contribution in [0.5, 0.6) is 0 Å². The van der Waals surface area contributed by atoms with Gasteiger partial charge in [-0.3, -0.25) is 0 Å². The highest BCUT2D eigenvalue weighted by molar-refractivity contribution is 5.59. The first kappa shape index (κ1) is 32.3. The van der Waals surface area contributed by atoms with Gasteiger partial charge < -0.3 is 5.32 Å². The lowest BCUT2D eigenvalue weighted by Crippen LogP contribution is -2.29. The molecule has 0 bridgehead atoms. The lowest BCUT2D eigenvalue weighted by molar-refractivity contribution is 0.412. The van der Waals surface area contributed by atoms with Gasteiger partial charge in [-0.1, -0.05) is 78.5 Å². The second kappa shape index (κ2) is 13.9. The van der Waals surface area contributed by atoms with Crippen molar-refractivity contribution in [2.45, 2.75) is 123 Å². The van der Waals surface area contributed by atoms with Gasteiger partial charge in [-0.25, -0.2) is 0 Å². The molecule has 9 rings (SSSR count). The average molecular weight is 660 g/mol. The molecule has 1 nitrogen and oxygen atoms in total. The van der Waals surface area contributed by atoms with E-state index in [0.29, 0.717) is 29.7 Å². The lowest BCUT2D eigenvalue weighted by Gasteiger charge is -2.43. The SMILES string of the molecule is CC1=CC(C2=CC(C3=CC4C5=C(CCCC5)C5=C(C=CCC5)C4CC3)=CC(C3=CC(C4=CCCC=C4)CC(C4=CCCCC4)=C3)C2)=CC(C)N1. The maximum atomic E-state index is 3.64. The Morgan fingerprint density at radius 1 is 0.600 bits per heavy atom. The third-order valence-electron chi connectivity index (χ3n) is 13.3. The molecule has 5 unspecified atom stereocenters. The average Bonchev–Trinajstić information content (AvgIpc) is 3.18. The minimum absolute atomic E-state index is 0.358. The second-order valence-electron chi connectivity index (χ2n) is 16.7. The summed E-state index contributed by atoms with van der Waals surface area (Å²) in [5.74, 6) is 2.14. The number of nitrogens with one attached hydrogen (secondary N) is 1. The number of hydrogen-bond donors (Lipinski definition) is 1. The van der Waals surface area contributed by atoms with Crippen LogP contribution in [0.1, 0.15) is 117 Å². The fraction of sp³-hybridized carbons (Fsp3) is 0.469. The van der Waals surface area contributed by atoms with Crippen LogP contribution in [-0.4, -0.2) is 6.04 Å². The topological polar surface area (TPSA) is 12.0 Å². The fourth-order valence-electron chi connectivity index (χ4n) is 11.0. The molecule has 0 aromatic carbocycles. The van der Waals surface area contributed by atoms with E-state index in [0.717, 1.165) is 12.8 Å². The van der Waals surface area contributed by atoms with Crippen LogP contribution in [0.15, 0.2) is 152 Å². The van der Waals surface area contributed by atoms with Gasteiger partial charge in [-0.05, 0) is 190 Å². The Balaban J connectivity index is 1.13. The molecule has 0 aromatic rings. The van der Waals surface area contributed by atoms with Crippen molar-refractivity contribution >= 4 is 0 Å². The quantitative estimate of drug-likeness (QED) is 0.310. The monoisotopic (exact) mass is 659 g/mol. The summed E-state index contributed by atoms with van der Waals surface area (Å²) in [6, 6.07) is 0.358. The van der Waals surface area contributed by atoms with E-state index in [1.165, 1.54) is 112 Å². The van der Waals surface area contributed by atoms with Crippen molar-refractivity contribution in [1.29, 1.82) is 0 Å². The molecule has 258 valence electrons. The molecule has 9 aliphatic rings. The maximum Gasteiger partial charge on any atom is 0.0421 e. The van der Waals surface area contributed by atoms with Crippen molar-refractivity contribution in [1.82, 2.24) is 5.32 Å². The van der Waals surface area contributed by atoms with E-state index in [4.69, 9.17) is 0 Å². The van der Waals surface area contributed by atoms with Gasteiger partial charge >= 0.3 is 0 Å². The predicted molar refractivity (Wildman–Crippen MR) is 211 cm³/mol. The highest BCUT2D eigenvalue weighted by Gasteiger charge is 2.39. The molecule has 0 amide bonds. The molecule has 0 saturated carbocycles. The molecule has 1 heterocycles. The summed E-state index contributed by atoms with van der Waals surface area (Å²) in [5.41, 5.74) is 20.8. The molecule has 5 atom stereocenters. The summed E-state index contributed by atoms with van der Waals surface area (Å²) in [7, 11) is 0. The van der Waals surface area contributed by atoms with Crippen LogP contribution in [0.25, 0.3) is 0 Å². The summed E-state index contributed by atoms with van der Waals surface area (Å²) in [5, 5.41) is 3.64. The number of fused-ring (bicyclic) bond motifs is 4. The second-order valence-corrected chi connectivity index (χ2v) is 16.7. The third-order valence-corrected chi connectivity index (χ3v) is 13.3. The third kappa shape index (κ3) is 6.29. The molecule has 1 heteroatoms. The van der Waals surface area contributed by atoms with Crippen molar-refractivity contribution in [2.24, 2.45) is 23.7 Å². The normalized spacial score (nSPS) is 32.4. The molecule has 8 aliphatic carbocycles. The summed E-state index contributed by atoms with van der Waals surface area (Å²) in [4.78, 5) is 0. The minimum atomic E-state index is 0.358. The van der Waals surface area contributed by atoms with Gasteiger partial charge in [0.25, 0.3) is 0 Å². The van der Waals surface area contributed by atoms with Crippen molar-refractivity contribution < 1.29 is 0 Å². The molecular formula is C49H57N. The minimum Gasteiger partial charge on any atom is -0.383 e. The molecule has 0 aromatic heterocycles. The maximum absolute atomic E-state index is 3.64.